The molecule has 4 atom stereocenters. The maximum atomic E-state index is 12.5. The summed E-state index contributed by atoms with van der Waals surface area (Å²) in [5.41, 5.74) is 0.288. The van der Waals surface area contributed by atoms with Crippen molar-refractivity contribution in [1.29, 1.82) is 0 Å². The Morgan fingerprint density at radius 1 is 1.24 bits per heavy atom. The summed E-state index contributed by atoms with van der Waals surface area (Å²) in [5.74, 6) is 1.19. The van der Waals surface area contributed by atoms with Gasteiger partial charge in [-0.25, -0.2) is 0 Å². The first kappa shape index (κ1) is 11.2. The summed E-state index contributed by atoms with van der Waals surface area (Å²) in [5, 5.41) is 0. The highest BCUT2D eigenvalue weighted by Gasteiger charge is 2.76. The van der Waals surface area contributed by atoms with Crippen LogP contribution in [-0.4, -0.2) is 11.6 Å². The Morgan fingerprint density at radius 2 is 1.88 bits per heavy atom. The molecule has 0 aromatic rings. The molecular formula is C15H20O2. The average Bonchev–Trinajstić information content (AvgIpc) is 2.24. The van der Waals surface area contributed by atoms with Crippen molar-refractivity contribution >= 4 is 11.6 Å². The maximum absolute atomic E-state index is 12.5. The molecule has 0 aromatic heterocycles. The second-order valence-electron chi connectivity index (χ2n) is 6.71. The number of Topliss-reactive ketones (excluding diaryl/α,β-unsaturated/α-hetero) is 1. The van der Waals surface area contributed by atoms with Gasteiger partial charge in [0.1, 0.15) is 0 Å². The van der Waals surface area contributed by atoms with Crippen molar-refractivity contribution in [1.82, 2.24) is 0 Å². The molecule has 3 rings (SSSR count). The first-order valence-electron chi connectivity index (χ1n) is 6.62. The third-order valence-corrected chi connectivity index (χ3v) is 6.00. The first-order valence-corrected chi connectivity index (χ1v) is 6.62. The molecule has 0 radical (unpaired) electrons. The molecule has 0 saturated heterocycles. The summed E-state index contributed by atoms with van der Waals surface area (Å²) in [6.45, 7) is 8.32. The van der Waals surface area contributed by atoms with Gasteiger partial charge in [0.15, 0.2) is 11.6 Å². The van der Waals surface area contributed by atoms with Crippen LogP contribution in [0.3, 0.4) is 0 Å². The minimum Gasteiger partial charge on any atom is -0.294 e. The van der Waals surface area contributed by atoms with Crippen LogP contribution in [0.25, 0.3) is 0 Å². The van der Waals surface area contributed by atoms with E-state index in [0.29, 0.717) is 17.4 Å². The van der Waals surface area contributed by atoms with Crippen LogP contribution in [0.5, 0.6) is 0 Å². The minimum absolute atomic E-state index is 0.000718. The lowest BCUT2D eigenvalue weighted by molar-refractivity contribution is -0.234. The van der Waals surface area contributed by atoms with Crippen molar-refractivity contribution in [3.05, 3.63) is 11.6 Å². The van der Waals surface area contributed by atoms with E-state index in [1.807, 2.05) is 0 Å². The quantitative estimate of drug-likeness (QED) is 0.643. The fourth-order valence-electron chi connectivity index (χ4n) is 5.21. The molecule has 0 N–H and O–H groups in total. The topological polar surface area (TPSA) is 34.1 Å². The zero-order valence-electron chi connectivity index (χ0n) is 11.0. The molecule has 2 fully saturated rings. The van der Waals surface area contributed by atoms with Gasteiger partial charge in [0.25, 0.3) is 0 Å². The molecule has 0 aromatic carbocycles. The van der Waals surface area contributed by atoms with Gasteiger partial charge in [-0.3, -0.25) is 9.59 Å². The van der Waals surface area contributed by atoms with E-state index in [0.717, 1.165) is 12.8 Å². The third-order valence-electron chi connectivity index (χ3n) is 6.00. The molecule has 3 aliphatic rings. The molecule has 4 unspecified atom stereocenters. The highest BCUT2D eigenvalue weighted by atomic mass is 16.1. The van der Waals surface area contributed by atoms with Gasteiger partial charge >= 0.3 is 0 Å². The number of rotatable bonds is 0. The normalized spacial score (nSPS) is 47.1. The molecule has 0 amide bonds. The predicted molar refractivity (Wildman–Crippen MR) is 65.4 cm³/mol. The molecule has 3 aliphatic carbocycles. The van der Waals surface area contributed by atoms with Crippen LogP contribution in [-0.2, 0) is 9.59 Å². The summed E-state index contributed by atoms with van der Waals surface area (Å²) in [6.07, 6.45) is 3.81. The van der Waals surface area contributed by atoms with E-state index in [1.165, 1.54) is 0 Å². The molecule has 0 spiro atoms. The second kappa shape index (κ2) is 2.90. The first-order chi connectivity index (χ1) is 7.85. The van der Waals surface area contributed by atoms with E-state index in [4.69, 9.17) is 0 Å². The number of allylic oxidation sites excluding steroid dienone is 2. The van der Waals surface area contributed by atoms with Crippen LogP contribution >= 0.6 is 0 Å². The smallest absolute Gasteiger partial charge is 0.163 e. The highest BCUT2D eigenvalue weighted by molar-refractivity contribution is 6.14. The minimum atomic E-state index is -0.382. The summed E-state index contributed by atoms with van der Waals surface area (Å²) in [6, 6.07) is 0. The van der Waals surface area contributed by atoms with Gasteiger partial charge in [-0.1, -0.05) is 20.8 Å². The fraction of sp³-hybridized carbons (Fsp3) is 0.733. The van der Waals surface area contributed by atoms with Crippen molar-refractivity contribution < 1.29 is 9.59 Å². The van der Waals surface area contributed by atoms with Crippen LogP contribution in [0.2, 0.25) is 0 Å². The number of carbonyl (C=O) groups excluding carboxylic acids is 2. The number of hydrogen-bond acceptors (Lipinski definition) is 2. The van der Waals surface area contributed by atoms with Crippen LogP contribution in [0.1, 0.15) is 40.5 Å². The van der Waals surface area contributed by atoms with Crippen molar-refractivity contribution in [2.75, 3.05) is 0 Å². The Kier molecular flexibility index (Phi) is 1.91. The van der Waals surface area contributed by atoms with Crippen molar-refractivity contribution in [2.45, 2.75) is 40.5 Å². The van der Waals surface area contributed by atoms with Gasteiger partial charge in [-0.15, -0.1) is 0 Å². The summed E-state index contributed by atoms with van der Waals surface area (Å²) < 4.78 is 0. The lowest BCUT2D eigenvalue weighted by Crippen LogP contribution is -2.74. The molecule has 2 heteroatoms. The monoisotopic (exact) mass is 232 g/mol. The Hall–Kier alpha value is -0.920. The van der Waals surface area contributed by atoms with Crippen LogP contribution in [0.15, 0.2) is 11.6 Å². The Balaban J connectivity index is 2.22. The highest BCUT2D eigenvalue weighted by Crippen LogP contribution is 2.74. The molecule has 2 bridgehead atoms. The van der Waals surface area contributed by atoms with E-state index in [1.54, 1.807) is 13.0 Å². The standard InChI is InChI=1S/C15H20O2/c1-8-7-11(16)15-9(2)5-6-10(14(15,3)4)12(15)13(8)17/h7,9-10,12H,5-6H2,1-4H3. The Bertz CT molecular complexity index is 458. The number of carbonyl (C=O) groups is 2. The summed E-state index contributed by atoms with van der Waals surface area (Å²) in [4.78, 5) is 24.9. The third kappa shape index (κ3) is 0.916. The largest absolute Gasteiger partial charge is 0.294 e. The van der Waals surface area contributed by atoms with Crippen LogP contribution in [0, 0.1) is 28.6 Å². The molecule has 17 heavy (non-hydrogen) atoms. The summed E-state index contributed by atoms with van der Waals surface area (Å²) in [7, 11) is 0. The van der Waals surface area contributed by atoms with Crippen molar-refractivity contribution in [3.8, 4) is 0 Å². The van der Waals surface area contributed by atoms with Gasteiger partial charge in [0, 0.05) is 5.92 Å². The molecule has 2 saturated carbocycles. The van der Waals surface area contributed by atoms with Gasteiger partial charge in [0.2, 0.25) is 0 Å². The molecule has 0 aliphatic heterocycles. The van der Waals surface area contributed by atoms with Gasteiger partial charge in [-0.2, -0.15) is 0 Å². The number of ketones is 2. The lowest BCUT2D eigenvalue weighted by Gasteiger charge is -2.72. The number of hydrogen-bond donors (Lipinski definition) is 0. The van der Waals surface area contributed by atoms with Gasteiger partial charge < -0.3 is 0 Å². The zero-order chi connectivity index (χ0) is 12.6. The zero-order valence-corrected chi connectivity index (χ0v) is 11.0. The molecule has 92 valence electrons. The Labute approximate surface area is 102 Å². The van der Waals surface area contributed by atoms with Gasteiger partial charge in [0.05, 0.1) is 5.41 Å². The lowest BCUT2D eigenvalue weighted by atomic mass is 9.29. The van der Waals surface area contributed by atoms with E-state index in [2.05, 4.69) is 20.8 Å². The van der Waals surface area contributed by atoms with E-state index < -0.39 is 0 Å². The van der Waals surface area contributed by atoms with Gasteiger partial charge in [-0.05, 0) is 48.7 Å². The molecule has 0 heterocycles. The summed E-state index contributed by atoms with van der Waals surface area (Å²) >= 11 is 0. The molecular weight excluding hydrogens is 212 g/mol. The van der Waals surface area contributed by atoms with E-state index in [-0.39, 0.29) is 28.3 Å². The fourth-order valence-corrected chi connectivity index (χ4v) is 5.21. The van der Waals surface area contributed by atoms with Crippen LogP contribution < -0.4 is 0 Å². The van der Waals surface area contributed by atoms with Crippen molar-refractivity contribution in [2.24, 2.45) is 28.6 Å². The molecule has 2 nitrogen and oxygen atoms in total. The van der Waals surface area contributed by atoms with E-state index >= 15 is 0 Å². The maximum Gasteiger partial charge on any atom is 0.163 e. The van der Waals surface area contributed by atoms with Crippen molar-refractivity contribution in [3.63, 3.8) is 0 Å². The predicted octanol–water partition coefficient (Wildman–Crippen LogP) is 2.77. The van der Waals surface area contributed by atoms with E-state index in [9.17, 15) is 9.59 Å². The second-order valence-corrected chi connectivity index (χ2v) is 6.71. The average molecular weight is 232 g/mol. The Morgan fingerprint density at radius 3 is 2.47 bits per heavy atom. The SMILES string of the molecule is CC1=CC(=O)C23C(C)CCC(C2C1=O)C3(C)C. The van der Waals surface area contributed by atoms with Crippen LogP contribution in [0.4, 0.5) is 0 Å².